The fraction of sp³-hybridized carbons (Fsp3) is 0.417. The zero-order chi connectivity index (χ0) is 12.2. The highest BCUT2D eigenvalue weighted by molar-refractivity contribution is 7.99. The summed E-state index contributed by atoms with van der Waals surface area (Å²) in [4.78, 5) is 8.35. The molecule has 0 aromatic carbocycles. The molecular formula is C12H15N5S. The molecule has 3 rings (SSSR count). The molecular weight excluding hydrogens is 246 g/mol. The molecule has 5 nitrogen and oxygen atoms in total. The predicted octanol–water partition coefficient (Wildman–Crippen LogP) is 1.26. The SMILES string of the molecule is c1cnc(-n2cncn2)c(CN[C@H]2CCSC2)c1. The van der Waals surface area contributed by atoms with E-state index in [9.17, 15) is 0 Å². The molecule has 0 spiro atoms. The van der Waals surface area contributed by atoms with E-state index < -0.39 is 0 Å². The summed E-state index contributed by atoms with van der Waals surface area (Å²) < 4.78 is 1.71. The monoisotopic (exact) mass is 261 g/mol. The van der Waals surface area contributed by atoms with E-state index in [0.29, 0.717) is 6.04 Å². The maximum absolute atomic E-state index is 4.38. The van der Waals surface area contributed by atoms with Gasteiger partial charge in [0, 0.05) is 30.1 Å². The molecule has 1 fully saturated rings. The summed E-state index contributed by atoms with van der Waals surface area (Å²) in [6.07, 6.45) is 6.24. The number of pyridine rings is 1. The number of hydrogen-bond acceptors (Lipinski definition) is 5. The minimum atomic E-state index is 0.624. The molecule has 0 saturated carbocycles. The summed E-state index contributed by atoms with van der Waals surface area (Å²) in [5.74, 6) is 3.33. The van der Waals surface area contributed by atoms with Crippen molar-refractivity contribution >= 4 is 11.8 Å². The zero-order valence-electron chi connectivity index (χ0n) is 9.99. The van der Waals surface area contributed by atoms with Crippen LogP contribution in [0.2, 0.25) is 0 Å². The molecule has 3 heterocycles. The van der Waals surface area contributed by atoms with E-state index in [4.69, 9.17) is 0 Å². The van der Waals surface area contributed by atoms with E-state index in [2.05, 4.69) is 26.4 Å². The fourth-order valence-corrected chi connectivity index (χ4v) is 3.23. The Kier molecular flexibility index (Phi) is 3.56. The van der Waals surface area contributed by atoms with Crippen LogP contribution in [0, 0.1) is 0 Å². The lowest BCUT2D eigenvalue weighted by molar-refractivity contribution is 0.555. The molecule has 2 aromatic heterocycles. The molecule has 6 heteroatoms. The average molecular weight is 261 g/mol. The highest BCUT2D eigenvalue weighted by Gasteiger charge is 2.15. The van der Waals surface area contributed by atoms with E-state index in [0.717, 1.165) is 17.9 Å². The third-order valence-electron chi connectivity index (χ3n) is 3.01. The third kappa shape index (κ3) is 2.54. The van der Waals surface area contributed by atoms with Crippen LogP contribution in [0.1, 0.15) is 12.0 Å². The first-order valence-corrected chi connectivity index (χ1v) is 7.19. The Morgan fingerprint density at radius 2 is 2.50 bits per heavy atom. The predicted molar refractivity (Wildman–Crippen MR) is 71.7 cm³/mol. The van der Waals surface area contributed by atoms with Crippen LogP contribution in [0.5, 0.6) is 0 Å². The Morgan fingerprint density at radius 3 is 3.28 bits per heavy atom. The number of hydrogen-bond donors (Lipinski definition) is 1. The van der Waals surface area contributed by atoms with Crippen molar-refractivity contribution in [1.29, 1.82) is 0 Å². The highest BCUT2D eigenvalue weighted by atomic mass is 32.2. The Morgan fingerprint density at radius 1 is 1.50 bits per heavy atom. The van der Waals surface area contributed by atoms with Crippen molar-refractivity contribution in [2.45, 2.75) is 19.0 Å². The lowest BCUT2D eigenvalue weighted by atomic mass is 10.2. The van der Waals surface area contributed by atoms with Crippen LogP contribution < -0.4 is 5.32 Å². The molecule has 18 heavy (non-hydrogen) atoms. The minimum Gasteiger partial charge on any atom is -0.309 e. The van der Waals surface area contributed by atoms with Gasteiger partial charge in [-0.25, -0.2) is 14.6 Å². The lowest BCUT2D eigenvalue weighted by Gasteiger charge is -2.13. The van der Waals surface area contributed by atoms with Crippen molar-refractivity contribution in [3.8, 4) is 5.82 Å². The number of nitrogens with zero attached hydrogens (tertiary/aromatic N) is 4. The molecule has 1 aliphatic rings. The van der Waals surface area contributed by atoms with E-state index in [1.165, 1.54) is 24.3 Å². The number of rotatable bonds is 4. The van der Waals surface area contributed by atoms with Gasteiger partial charge in [0.15, 0.2) is 5.82 Å². The average Bonchev–Trinajstić information content (AvgIpc) is 3.10. The van der Waals surface area contributed by atoms with Crippen molar-refractivity contribution in [1.82, 2.24) is 25.1 Å². The topological polar surface area (TPSA) is 55.6 Å². The van der Waals surface area contributed by atoms with Gasteiger partial charge in [-0.1, -0.05) is 6.07 Å². The fourth-order valence-electron chi connectivity index (χ4n) is 2.04. The van der Waals surface area contributed by atoms with Gasteiger partial charge in [0.25, 0.3) is 0 Å². The minimum absolute atomic E-state index is 0.624. The van der Waals surface area contributed by atoms with Gasteiger partial charge in [-0.2, -0.15) is 16.9 Å². The van der Waals surface area contributed by atoms with Crippen LogP contribution in [0.15, 0.2) is 31.0 Å². The molecule has 1 aliphatic heterocycles. The molecule has 1 saturated heterocycles. The maximum atomic E-state index is 4.38. The Hall–Kier alpha value is -1.40. The zero-order valence-corrected chi connectivity index (χ0v) is 10.8. The third-order valence-corrected chi connectivity index (χ3v) is 4.18. The second kappa shape index (κ2) is 5.49. The van der Waals surface area contributed by atoms with Crippen LogP contribution >= 0.6 is 11.8 Å². The standard InChI is InChI=1S/C12H15N5S/c1-2-10(6-15-11-3-5-18-7-11)12(14-4-1)17-9-13-8-16-17/h1-2,4,8-9,11,15H,3,5-7H2/t11-/m0/s1. The molecule has 0 amide bonds. The summed E-state index contributed by atoms with van der Waals surface area (Å²) in [5.41, 5.74) is 1.15. The van der Waals surface area contributed by atoms with Gasteiger partial charge >= 0.3 is 0 Å². The van der Waals surface area contributed by atoms with E-state index in [-0.39, 0.29) is 0 Å². The second-order valence-corrected chi connectivity index (χ2v) is 5.42. The first-order chi connectivity index (χ1) is 8.93. The van der Waals surface area contributed by atoms with Crippen LogP contribution in [0.3, 0.4) is 0 Å². The molecule has 0 unspecified atom stereocenters. The Balaban J connectivity index is 1.75. The smallest absolute Gasteiger partial charge is 0.159 e. The van der Waals surface area contributed by atoms with Gasteiger partial charge in [-0.05, 0) is 18.2 Å². The van der Waals surface area contributed by atoms with Gasteiger partial charge in [-0.3, -0.25) is 0 Å². The van der Waals surface area contributed by atoms with E-state index in [1.54, 1.807) is 17.2 Å². The van der Waals surface area contributed by atoms with Crippen LogP contribution in [-0.2, 0) is 6.54 Å². The lowest BCUT2D eigenvalue weighted by Crippen LogP contribution is -2.28. The molecule has 0 aliphatic carbocycles. The van der Waals surface area contributed by atoms with Gasteiger partial charge in [0.1, 0.15) is 12.7 Å². The summed E-state index contributed by atoms with van der Waals surface area (Å²) in [7, 11) is 0. The summed E-state index contributed by atoms with van der Waals surface area (Å²) in [6.45, 7) is 0.828. The normalized spacial score (nSPS) is 19.2. The first-order valence-electron chi connectivity index (χ1n) is 6.03. The van der Waals surface area contributed by atoms with Gasteiger partial charge < -0.3 is 5.32 Å². The Labute approximate surface area is 110 Å². The quantitative estimate of drug-likeness (QED) is 0.898. The second-order valence-electron chi connectivity index (χ2n) is 4.27. The summed E-state index contributed by atoms with van der Waals surface area (Å²) in [6, 6.07) is 4.67. The maximum Gasteiger partial charge on any atom is 0.159 e. The van der Waals surface area contributed by atoms with Crippen LogP contribution in [-0.4, -0.2) is 37.3 Å². The highest BCUT2D eigenvalue weighted by Crippen LogP contribution is 2.18. The van der Waals surface area contributed by atoms with Crippen LogP contribution in [0.25, 0.3) is 5.82 Å². The van der Waals surface area contributed by atoms with Gasteiger partial charge in [0.2, 0.25) is 0 Å². The van der Waals surface area contributed by atoms with Crippen molar-refractivity contribution in [2.24, 2.45) is 0 Å². The number of thioether (sulfide) groups is 1. The molecule has 0 radical (unpaired) electrons. The van der Waals surface area contributed by atoms with Crippen molar-refractivity contribution < 1.29 is 0 Å². The van der Waals surface area contributed by atoms with Crippen molar-refractivity contribution in [3.63, 3.8) is 0 Å². The summed E-state index contributed by atoms with van der Waals surface area (Å²) >= 11 is 2.01. The number of nitrogens with one attached hydrogen (secondary N) is 1. The van der Waals surface area contributed by atoms with E-state index >= 15 is 0 Å². The van der Waals surface area contributed by atoms with Crippen molar-refractivity contribution in [3.05, 3.63) is 36.5 Å². The molecule has 94 valence electrons. The first kappa shape index (κ1) is 11.7. The molecule has 1 atom stereocenters. The molecule has 0 bridgehead atoms. The Bertz CT molecular complexity index is 493. The largest absolute Gasteiger partial charge is 0.309 e. The van der Waals surface area contributed by atoms with Gasteiger partial charge in [-0.15, -0.1) is 0 Å². The summed E-state index contributed by atoms with van der Waals surface area (Å²) in [5, 5.41) is 7.72. The van der Waals surface area contributed by atoms with Crippen molar-refractivity contribution in [2.75, 3.05) is 11.5 Å². The molecule has 1 N–H and O–H groups in total. The van der Waals surface area contributed by atoms with Crippen LogP contribution in [0.4, 0.5) is 0 Å². The van der Waals surface area contributed by atoms with Gasteiger partial charge in [0.05, 0.1) is 0 Å². The van der Waals surface area contributed by atoms with E-state index in [1.807, 2.05) is 17.8 Å². The number of aromatic nitrogens is 4. The molecule has 2 aromatic rings.